The van der Waals surface area contributed by atoms with Gasteiger partial charge in [0.1, 0.15) is 6.04 Å². The van der Waals surface area contributed by atoms with Gasteiger partial charge in [0.25, 0.3) is 0 Å². The van der Waals surface area contributed by atoms with Crippen LogP contribution < -0.4 is 11.3 Å². The molecule has 0 saturated carbocycles. The van der Waals surface area contributed by atoms with Crippen molar-refractivity contribution in [2.75, 3.05) is 0 Å². The van der Waals surface area contributed by atoms with Gasteiger partial charge in [0, 0.05) is 12.7 Å². The summed E-state index contributed by atoms with van der Waals surface area (Å²) in [4.78, 5) is 1.08. The molecule has 2 rings (SSSR count). The fourth-order valence-corrected chi connectivity index (χ4v) is 2.76. The molecular formula is C11H18N6S. The van der Waals surface area contributed by atoms with Crippen LogP contribution in [0.15, 0.2) is 12.3 Å². The van der Waals surface area contributed by atoms with Crippen LogP contribution in [-0.4, -0.2) is 19.4 Å². The fraction of sp³-hybridized carbons (Fsp3) is 0.545. The smallest absolute Gasteiger partial charge is 0.100 e. The van der Waals surface area contributed by atoms with Gasteiger partial charge < -0.3 is 0 Å². The molecule has 0 aromatic carbocycles. The van der Waals surface area contributed by atoms with Crippen LogP contribution in [0.25, 0.3) is 0 Å². The molecule has 2 heterocycles. The summed E-state index contributed by atoms with van der Waals surface area (Å²) in [6.45, 7) is 5.00. The highest BCUT2D eigenvalue weighted by Gasteiger charge is 2.22. The van der Waals surface area contributed by atoms with Crippen molar-refractivity contribution in [1.82, 2.24) is 24.8 Å². The molecular weight excluding hydrogens is 248 g/mol. The number of nitrogens with two attached hydrogens (primary N) is 1. The van der Waals surface area contributed by atoms with Crippen molar-refractivity contribution in [3.8, 4) is 0 Å². The van der Waals surface area contributed by atoms with E-state index in [-0.39, 0.29) is 6.04 Å². The molecule has 2 aromatic heterocycles. The molecule has 18 heavy (non-hydrogen) atoms. The predicted molar refractivity (Wildman–Crippen MR) is 71.0 cm³/mol. The quantitative estimate of drug-likeness (QED) is 0.607. The second-order valence-electron chi connectivity index (χ2n) is 4.01. The molecule has 1 unspecified atom stereocenters. The van der Waals surface area contributed by atoms with Crippen LogP contribution in [0.2, 0.25) is 0 Å². The summed E-state index contributed by atoms with van der Waals surface area (Å²) in [6.07, 6.45) is 3.75. The molecule has 2 aromatic rings. The number of aryl methyl sites for hydroxylation is 2. The van der Waals surface area contributed by atoms with E-state index in [9.17, 15) is 0 Å². The normalized spacial score (nSPS) is 12.8. The monoisotopic (exact) mass is 266 g/mol. The van der Waals surface area contributed by atoms with Gasteiger partial charge in [-0.3, -0.25) is 10.5 Å². The van der Waals surface area contributed by atoms with Gasteiger partial charge in [0.15, 0.2) is 0 Å². The number of hydrogen-bond acceptors (Lipinski definition) is 6. The molecule has 6 nitrogen and oxygen atoms in total. The second kappa shape index (κ2) is 6.03. The molecule has 0 spiro atoms. The van der Waals surface area contributed by atoms with E-state index < -0.39 is 0 Å². The summed E-state index contributed by atoms with van der Waals surface area (Å²) in [5.41, 5.74) is 4.92. The molecule has 0 aliphatic carbocycles. The molecule has 0 fully saturated rings. The Balaban J connectivity index is 2.36. The first kappa shape index (κ1) is 13.1. The molecule has 1 atom stereocenters. The van der Waals surface area contributed by atoms with Crippen molar-refractivity contribution < 1.29 is 0 Å². The summed E-state index contributed by atoms with van der Waals surface area (Å²) < 4.78 is 5.97. The van der Waals surface area contributed by atoms with E-state index >= 15 is 0 Å². The van der Waals surface area contributed by atoms with E-state index in [0.717, 1.165) is 35.7 Å². The first-order valence-corrected chi connectivity index (χ1v) is 6.88. The van der Waals surface area contributed by atoms with E-state index in [1.807, 2.05) is 10.7 Å². The molecule has 0 aliphatic heterocycles. The third-order valence-corrected chi connectivity index (χ3v) is 3.68. The second-order valence-corrected chi connectivity index (χ2v) is 4.79. The lowest BCUT2D eigenvalue weighted by Crippen LogP contribution is -2.30. The Labute approximate surface area is 110 Å². The topological polar surface area (TPSA) is 81.7 Å². The van der Waals surface area contributed by atoms with Crippen LogP contribution in [0, 0.1) is 0 Å². The van der Waals surface area contributed by atoms with Gasteiger partial charge >= 0.3 is 0 Å². The number of nitrogens with zero attached hydrogens (tertiary/aromatic N) is 4. The van der Waals surface area contributed by atoms with E-state index in [4.69, 9.17) is 5.84 Å². The van der Waals surface area contributed by atoms with Crippen molar-refractivity contribution in [3.63, 3.8) is 0 Å². The van der Waals surface area contributed by atoms with E-state index in [0.29, 0.717) is 0 Å². The first-order chi connectivity index (χ1) is 8.81. The van der Waals surface area contributed by atoms with Crippen LogP contribution in [-0.2, 0) is 13.0 Å². The maximum Gasteiger partial charge on any atom is 0.100 e. The molecule has 0 bridgehead atoms. The summed E-state index contributed by atoms with van der Waals surface area (Å²) >= 11 is 1.39. The van der Waals surface area contributed by atoms with Crippen molar-refractivity contribution in [3.05, 3.63) is 28.5 Å². The third-order valence-electron chi connectivity index (χ3n) is 2.85. The van der Waals surface area contributed by atoms with Gasteiger partial charge in [0.2, 0.25) is 0 Å². The average Bonchev–Trinajstić information content (AvgIpc) is 3.01. The summed E-state index contributed by atoms with van der Waals surface area (Å²) in [5.74, 6) is 5.70. The minimum atomic E-state index is -0.0889. The van der Waals surface area contributed by atoms with Gasteiger partial charge in [0.05, 0.1) is 16.3 Å². The zero-order valence-corrected chi connectivity index (χ0v) is 11.4. The average molecular weight is 266 g/mol. The molecule has 7 heteroatoms. The fourth-order valence-electron chi connectivity index (χ4n) is 1.99. The number of hydrogen-bond donors (Lipinski definition) is 2. The summed E-state index contributed by atoms with van der Waals surface area (Å²) in [5, 5.41) is 8.46. The lowest BCUT2D eigenvalue weighted by atomic mass is 10.1. The van der Waals surface area contributed by atoms with Crippen LogP contribution in [0.1, 0.15) is 42.6 Å². The number of aromatic nitrogens is 4. The minimum Gasteiger partial charge on any atom is -0.270 e. The van der Waals surface area contributed by atoms with Crippen LogP contribution in [0.3, 0.4) is 0 Å². The van der Waals surface area contributed by atoms with Crippen LogP contribution in [0.4, 0.5) is 0 Å². The molecule has 0 amide bonds. The van der Waals surface area contributed by atoms with E-state index in [1.54, 1.807) is 6.20 Å². The highest BCUT2D eigenvalue weighted by Crippen LogP contribution is 2.26. The first-order valence-electron chi connectivity index (χ1n) is 6.10. The third kappa shape index (κ3) is 2.43. The molecule has 3 N–H and O–H groups in total. The Kier molecular flexibility index (Phi) is 4.40. The van der Waals surface area contributed by atoms with Crippen molar-refractivity contribution in [2.24, 2.45) is 5.84 Å². The highest BCUT2D eigenvalue weighted by atomic mass is 32.1. The Morgan fingerprint density at radius 3 is 3.00 bits per heavy atom. The maximum atomic E-state index is 5.70. The Bertz CT molecular complexity index is 491. The van der Waals surface area contributed by atoms with Gasteiger partial charge in [-0.25, -0.2) is 5.43 Å². The predicted octanol–water partition coefficient (Wildman–Crippen LogP) is 1.26. The van der Waals surface area contributed by atoms with E-state index in [1.165, 1.54) is 11.5 Å². The lowest BCUT2D eigenvalue weighted by Gasteiger charge is -2.16. The van der Waals surface area contributed by atoms with Gasteiger partial charge in [-0.2, -0.15) is 5.10 Å². The summed E-state index contributed by atoms with van der Waals surface area (Å²) in [7, 11) is 0. The zero-order chi connectivity index (χ0) is 13.0. The Morgan fingerprint density at radius 1 is 1.50 bits per heavy atom. The largest absolute Gasteiger partial charge is 0.270 e. The molecule has 98 valence electrons. The van der Waals surface area contributed by atoms with Crippen molar-refractivity contribution >= 4 is 11.5 Å². The molecule has 0 aliphatic rings. The number of rotatable bonds is 6. The minimum absolute atomic E-state index is 0.0889. The molecule has 0 radical (unpaired) electrons. The van der Waals surface area contributed by atoms with Crippen LogP contribution in [0.5, 0.6) is 0 Å². The van der Waals surface area contributed by atoms with Gasteiger partial charge in [-0.15, -0.1) is 5.10 Å². The van der Waals surface area contributed by atoms with Crippen molar-refractivity contribution in [2.45, 2.75) is 39.3 Å². The standard InChI is InChI=1S/C11H18N6S/c1-3-5-8-11(18-16-15-8)10(14-12)9-6-7-13-17(9)4-2/h6-7,10,14H,3-5,12H2,1-2H3. The SMILES string of the molecule is CCCc1nnsc1C(NN)c1ccnn1CC. The molecule has 0 saturated heterocycles. The van der Waals surface area contributed by atoms with Gasteiger partial charge in [-0.1, -0.05) is 17.8 Å². The Hall–Kier alpha value is -1.31. The zero-order valence-electron chi connectivity index (χ0n) is 10.6. The number of nitrogens with one attached hydrogen (secondary N) is 1. The highest BCUT2D eigenvalue weighted by molar-refractivity contribution is 7.05. The van der Waals surface area contributed by atoms with Crippen molar-refractivity contribution in [1.29, 1.82) is 0 Å². The Morgan fingerprint density at radius 2 is 2.33 bits per heavy atom. The van der Waals surface area contributed by atoms with Crippen LogP contribution >= 0.6 is 11.5 Å². The van der Waals surface area contributed by atoms with Gasteiger partial charge in [-0.05, 0) is 30.9 Å². The van der Waals surface area contributed by atoms with E-state index in [2.05, 4.69) is 34.0 Å². The lowest BCUT2D eigenvalue weighted by molar-refractivity contribution is 0.545. The number of hydrazine groups is 1. The summed E-state index contributed by atoms with van der Waals surface area (Å²) in [6, 6.07) is 1.89. The maximum absolute atomic E-state index is 5.70.